The number of halogens is 4. The van der Waals surface area contributed by atoms with Gasteiger partial charge >= 0.3 is 6.36 Å². The molecule has 0 heterocycles. The Morgan fingerprint density at radius 1 is 1.05 bits per heavy atom. The standard InChI is InChI=1S/C14H7ClF3NO/c15-11-3-6-13(10(7-11)8-19)9-1-4-12(5-2-9)20-14(16,17)18/h1-7H. The highest BCUT2D eigenvalue weighted by Crippen LogP contribution is 2.29. The first-order valence-electron chi connectivity index (χ1n) is 5.45. The number of hydrogen-bond donors (Lipinski definition) is 0. The van der Waals surface area contributed by atoms with Crippen LogP contribution in [0.25, 0.3) is 11.1 Å². The molecule has 0 spiro atoms. The maximum atomic E-state index is 12.0. The second-order valence-corrected chi connectivity index (χ2v) is 4.31. The van der Waals surface area contributed by atoms with Crippen molar-refractivity contribution in [1.29, 1.82) is 5.26 Å². The van der Waals surface area contributed by atoms with Crippen molar-refractivity contribution in [2.75, 3.05) is 0 Å². The smallest absolute Gasteiger partial charge is 0.406 e. The predicted octanol–water partition coefficient (Wildman–Crippen LogP) is 4.78. The third kappa shape index (κ3) is 3.43. The van der Waals surface area contributed by atoms with Crippen LogP contribution in [0.2, 0.25) is 5.02 Å². The topological polar surface area (TPSA) is 33.0 Å². The van der Waals surface area contributed by atoms with Gasteiger partial charge in [0.2, 0.25) is 0 Å². The molecule has 0 aromatic heterocycles. The molecule has 0 radical (unpaired) electrons. The van der Waals surface area contributed by atoms with E-state index in [0.717, 1.165) is 0 Å². The average molecular weight is 298 g/mol. The summed E-state index contributed by atoms with van der Waals surface area (Å²) in [7, 11) is 0. The van der Waals surface area contributed by atoms with Crippen molar-refractivity contribution in [2.24, 2.45) is 0 Å². The van der Waals surface area contributed by atoms with Crippen LogP contribution in [0, 0.1) is 11.3 Å². The van der Waals surface area contributed by atoms with E-state index < -0.39 is 6.36 Å². The van der Waals surface area contributed by atoms with E-state index in [0.29, 0.717) is 21.7 Å². The van der Waals surface area contributed by atoms with E-state index in [2.05, 4.69) is 4.74 Å². The van der Waals surface area contributed by atoms with Crippen LogP contribution in [0.3, 0.4) is 0 Å². The van der Waals surface area contributed by atoms with E-state index in [-0.39, 0.29) is 5.75 Å². The Morgan fingerprint density at radius 2 is 1.70 bits per heavy atom. The lowest BCUT2D eigenvalue weighted by Gasteiger charge is -2.10. The SMILES string of the molecule is N#Cc1cc(Cl)ccc1-c1ccc(OC(F)(F)F)cc1. The maximum Gasteiger partial charge on any atom is 0.573 e. The minimum absolute atomic E-state index is 0.311. The summed E-state index contributed by atoms with van der Waals surface area (Å²) >= 11 is 5.78. The molecule has 0 saturated carbocycles. The minimum Gasteiger partial charge on any atom is -0.406 e. The van der Waals surface area contributed by atoms with Gasteiger partial charge in [0.25, 0.3) is 0 Å². The van der Waals surface area contributed by atoms with Crippen LogP contribution in [0.4, 0.5) is 13.2 Å². The highest BCUT2D eigenvalue weighted by molar-refractivity contribution is 6.30. The lowest BCUT2D eigenvalue weighted by molar-refractivity contribution is -0.274. The van der Waals surface area contributed by atoms with Gasteiger partial charge in [-0.2, -0.15) is 5.26 Å². The predicted molar refractivity (Wildman–Crippen MR) is 68.3 cm³/mol. The quantitative estimate of drug-likeness (QED) is 0.799. The molecule has 2 aromatic carbocycles. The summed E-state index contributed by atoms with van der Waals surface area (Å²) in [4.78, 5) is 0. The summed E-state index contributed by atoms with van der Waals surface area (Å²) < 4.78 is 39.9. The van der Waals surface area contributed by atoms with Gasteiger partial charge in [0.15, 0.2) is 0 Å². The average Bonchev–Trinajstić information content (AvgIpc) is 2.38. The zero-order chi connectivity index (χ0) is 14.8. The molecular weight excluding hydrogens is 291 g/mol. The summed E-state index contributed by atoms with van der Waals surface area (Å²) in [6.45, 7) is 0. The van der Waals surface area contributed by atoms with Crippen molar-refractivity contribution >= 4 is 11.6 Å². The number of nitrogens with zero attached hydrogens (tertiary/aromatic N) is 1. The Morgan fingerprint density at radius 3 is 2.25 bits per heavy atom. The fourth-order valence-corrected chi connectivity index (χ4v) is 1.87. The Labute approximate surface area is 118 Å². The number of benzene rings is 2. The molecule has 2 aromatic rings. The van der Waals surface area contributed by atoms with E-state index in [1.165, 1.54) is 30.3 Å². The molecule has 2 rings (SSSR count). The number of ether oxygens (including phenoxy) is 1. The van der Waals surface area contributed by atoms with Crippen molar-refractivity contribution < 1.29 is 17.9 Å². The number of nitriles is 1. The Hall–Kier alpha value is -2.19. The van der Waals surface area contributed by atoms with Gasteiger partial charge in [-0.1, -0.05) is 29.8 Å². The van der Waals surface area contributed by atoms with Gasteiger partial charge < -0.3 is 4.74 Å². The molecule has 0 saturated heterocycles. The zero-order valence-electron chi connectivity index (χ0n) is 9.91. The Kier molecular flexibility index (Phi) is 3.86. The third-order valence-corrected chi connectivity index (χ3v) is 2.74. The molecule has 2 nitrogen and oxygen atoms in total. The molecule has 0 amide bonds. The third-order valence-electron chi connectivity index (χ3n) is 2.50. The molecular formula is C14H7ClF3NO. The fraction of sp³-hybridized carbons (Fsp3) is 0.0714. The van der Waals surface area contributed by atoms with Crippen LogP contribution in [-0.2, 0) is 0 Å². The molecule has 0 aliphatic carbocycles. The van der Waals surface area contributed by atoms with Crippen molar-refractivity contribution in [1.82, 2.24) is 0 Å². The molecule has 0 aliphatic heterocycles. The second-order valence-electron chi connectivity index (χ2n) is 3.87. The largest absolute Gasteiger partial charge is 0.573 e. The molecule has 20 heavy (non-hydrogen) atoms. The Balaban J connectivity index is 2.34. The van der Waals surface area contributed by atoms with E-state index in [4.69, 9.17) is 16.9 Å². The van der Waals surface area contributed by atoms with Crippen molar-refractivity contribution in [2.45, 2.75) is 6.36 Å². The highest BCUT2D eigenvalue weighted by Gasteiger charge is 2.30. The van der Waals surface area contributed by atoms with E-state index in [9.17, 15) is 13.2 Å². The first-order valence-corrected chi connectivity index (χ1v) is 5.83. The maximum absolute atomic E-state index is 12.0. The number of alkyl halides is 3. The Bertz CT molecular complexity index is 660. The summed E-state index contributed by atoms with van der Waals surface area (Å²) in [5.74, 6) is -0.311. The fourth-order valence-electron chi connectivity index (χ4n) is 1.70. The molecule has 102 valence electrons. The van der Waals surface area contributed by atoms with Gasteiger partial charge in [-0.15, -0.1) is 13.2 Å². The first kappa shape index (κ1) is 14.2. The molecule has 0 N–H and O–H groups in total. The van der Waals surface area contributed by atoms with Gasteiger partial charge in [0, 0.05) is 5.02 Å². The normalized spacial score (nSPS) is 10.9. The van der Waals surface area contributed by atoms with Crippen LogP contribution in [0.1, 0.15) is 5.56 Å². The van der Waals surface area contributed by atoms with Crippen LogP contribution in [-0.4, -0.2) is 6.36 Å². The van der Waals surface area contributed by atoms with Crippen LogP contribution < -0.4 is 4.74 Å². The number of rotatable bonds is 2. The van der Waals surface area contributed by atoms with E-state index >= 15 is 0 Å². The van der Waals surface area contributed by atoms with E-state index in [1.807, 2.05) is 6.07 Å². The summed E-state index contributed by atoms with van der Waals surface area (Å²) in [6.07, 6.45) is -4.72. The molecule has 0 bridgehead atoms. The molecule has 6 heteroatoms. The number of hydrogen-bond acceptors (Lipinski definition) is 2. The summed E-state index contributed by atoms with van der Waals surface area (Å²) in [6, 6.07) is 12.0. The summed E-state index contributed by atoms with van der Waals surface area (Å²) in [5, 5.41) is 9.45. The van der Waals surface area contributed by atoms with Crippen LogP contribution in [0.15, 0.2) is 42.5 Å². The van der Waals surface area contributed by atoms with E-state index in [1.54, 1.807) is 12.1 Å². The van der Waals surface area contributed by atoms with Crippen LogP contribution >= 0.6 is 11.6 Å². The van der Waals surface area contributed by atoms with Gasteiger partial charge in [-0.3, -0.25) is 0 Å². The first-order chi connectivity index (χ1) is 9.39. The lowest BCUT2D eigenvalue weighted by atomic mass is 10.0. The van der Waals surface area contributed by atoms with Gasteiger partial charge in [0.1, 0.15) is 5.75 Å². The molecule has 0 aliphatic rings. The second kappa shape index (κ2) is 5.43. The monoisotopic (exact) mass is 297 g/mol. The lowest BCUT2D eigenvalue weighted by Crippen LogP contribution is -2.16. The summed E-state index contributed by atoms with van der Waals surface area (Å²) in [5.41, 5.74) is 1.55. The minimum atomic E-state index is -4.72. The van der Waals surface area contributed by atoms with Crippen molar-refractivity contribution in [3.63, 3.8) is 0 Å². The highest BCUT2D eigenvalue weighted by atomic mass is 35.5. The zero-order valence-corrected chi connectivity index (χ0v) is 10.7. The van der Waals surface area contributed by atoms with Gasteiger partial charge in [0.05, 0.1) is 11.6 Å². The van der Waals surface area contributed by atoms with Crippen molar-refractivity contribution in [3.8, 4) is 22.9 Å². The molecule has 0 atom stereocenters. The van der Waals surface area contributed by atoms with Crippen LogP contribution in [0.5, 0.6) is 5.75 Å². The molecule has 0 unspecified atom stereocenters. The van der Waals surface area contributed by atoms with Crippen molar-refractivity contribution in [3.05, 3.63) is 53.1 Å². The van der Waals surface area contributed by atoms with Gasteiger partial charge in [-0.05, 0) is 35.4 Å². The van der Waals surface area contributed by atoms with Gasteiger partial charge in [-0.25, -0.2) is 0 Å². The molecule has 0 fully saturated rings.